The third-order valence-electron chi connectivity index (χ3n) is 5.17. The fourth-order valence-electron chi connectivity index (χ4n) is 3.40. The summed E-state index contributed by atoms with van der Waals surface area (Å²) in [6.07, 6.45) is 7.97. The van der Waals surface area contributed by atoms with Crippen LogP contribution in [0.2, 0.25) is 0 Å². The van der Waals surface area contributed by atoms with Crippen LogP contribution >= 0.6 is 0 Å². The largest absolute Gasteiger partial charge is 0.497 e. The third-order valence-corrected chi connectivity index (χ3v) is 5.17. The Hall–Kier alpha value is -4.38. The predicted molar refractivity (Wildman–Crippen MR) is 138 cm³/mol. The van der Waals surface area contributed by atoms with Crippen molar-refractivity contribution >= 4 is 24.3 Å². The van der Waals surface area contributed by atoms with Crippen LogP contribution in [0.5, 0.6) is 17.2 Å². The first-order chi connectivity index (χ1) is 16.7. The molecule has 0 saturated carbocycles. The molecular weight excluding hydrogens is 424 g/mol. The summed E-state index contributed by atoms with van der Waals surface area (Å²) in [5.41, 5.74) is 4.51. The third kappa shape index (κ3) is 5.90. The van der Waals surface area contributed by atoms with E-state index in [0.29, 0.717) is 5.82 Å². The fourth-order valence-corrected chi connectivity index (χ4v) is 3.40. The standard InChI is InChI=1S/C29H26N2O3/c1-32-26-10-4-7-21(17-26)13-15-24-20-25(16-14-22-8-5-11-27(18-22)33-2)31-29(30-24)23-9-6-12-28(19-23)34-3/h4-20H,1-3H3. The Morgan fingerprint density at radius 3 is 1.50 bits per heavy atom. The molecule has 0 aliphatic heterocycles. The van der Waals surface area contributed by atoms with Gasteiger partial charge in [0.2, 0.25) is 0 Å². The summed E-state index contributed by atoms with van der Waals surface area (Å²) in [6, 6.07) is 25.5. The lowest BCUT2D eigenvalue weighted by Crippen LogP contribution is -1.95. The second-order valence-corrected chi connectivity index (χ2v) is 7.49. The summed E-state index contributed by atoms with van der Waals surface area (Å²) < 4.78 is 16.0. The van der Waals surface area contributed by atoms with Gasteiger partial charge in [0.05, 0.1) is 32.7 Å². The second-order valence-electron chi connectivity index (χ2n) is 7.49. The van der Waals surface area contributed by atoms with Crippen LogP contribution in [0.4, 0.5) is 0 Å². The van der Waals surface area contributed by atoms with Crippen LogP contribution in [-0.4, -0.2) is 31.3 Å². The SMILES string of the molecule is COc1cccc(C=Cc2cc(C=Cc3cccc(OC)c3)nc(-c3cccc(OC)c3)n2)c1. The van der Waals surface area contributed by atoms with Crippen LogP contribution in [0.3, 0.4) is 0 Å². The van der Waals surface area contributed by atoms with Crippen LogP contribution in [0.15, 0.2) is 78.9 Å². The second kappa shape index (κ2) is 11.0. The van der Waals surface area contributed by atoms with E-state index in [1.807, 2.05) is 103 Å². The molecule has 0 N–H and O–H groups in total. The molecule has 0 atom stereocenters. The van der Waals surface area contributed by atoms with E-state index in [-0.39, 0.29) is 0 Å². The summed E-state index contributed by atoms with van der Waals surface area (Å²) in [5, 5.41) is 0. The van der Waals surface area contributed by atoms with E-state index in [1.165, 1.54) is 0 Å². The molecule has 0 radical (unpaired) electrons. The van der Waals surface area contributed by atoms with Crippen molar-refractivity contribution in [2.24, 2.45) is 0 Å². The number of aromatic nitrogens is 2. The number of benzene rings is 3. The number of nitrogens with zero attached hydrogens (tertiary/aromatic N) is 2. The monoisotopic (exact) mass is 450 g/mol. The van der Waals surface area contributed by atoms with Gasteiger partial charge < -0.3 is 14.2 Å². The van der Waals surface area contributed by atoms with E-state index in [4.69, 9.17) is 24.2 Å². The molecule has 0 spiro atoms. The molecule has 3 aromatic carbocycles. The highest BCUT2D eigenvalue weighted by Gasteiger charge is 2.06. The molecule has 0 fully saturated rings. The lowest BCUT2D eigenvalue weighted by molar-refractivity contribution is 0.414. The highest BCUT2D eigenvalue weighted by Crippen LogP contribution is 2.23. The first kappa shape index (κ1) is 22.8. The van der Waals surface area contributed by atoms with Crippen molar-refractivity contribution in [3.63, 3.8) is 0 Å². The van der Waals surface area contributed by atoms with Gasteiger partial charge in [-0.15, -0.1) is 0 Å². The van der Waals surface area contributed by atoms with Crippen molar-refractivity contribution in [1.82, 2.24) is 9.97 Å². The number of hydrogen-bond donors (Lipinski definition) is 0. The average Bonchev–Trinajstić information content (AvgIpc) is 2.91. The molecule has 0 saturated heterocycles. The van der Waals surface area contributed by atoms with E-state index in [9.17, 15) is 0 Å². The van der Waals surface area contributed by atoms with Crippen LogP contribution < -0.4 is 14.2 Å². The number of ether oxygens (including phenoxy) is 3. The Bertz CT molecular complexity index is 1250. The van der Waals surface area contributed by atoms with Gasteiger partial charge in [-0.05, 0) is 65.7 Å². The quantitative estimate of drug-likeness (QED) is 0.306. The molecule has 0 aliphatic rings. The van der Waals surface area contributed by atoms with E-state index in [0.717, 1.165) is 45.3 Å². The van der Waals surface area contributed by atoms with Gasteiger partial charge in [0.1, 0.15) is 17.2 Å². The molecule has 170 valence electrons. The van der Waals surface area contributed by atoms with Crippen molar-refractivity contribution in [2.45, 2.75) is 0 Å². The number of hydrogen-bond acceptors (Lipinski definition) is 5. The molecular formula is C29H26N2O3. The Morgan fingerprint density at radius 2 is 1.00 bits per heavy atom. The summed E-state index contributed by atoms with van der Waals surface area (Å²) in [4.78, 5) is 9.56. The maximum Gasteiger partial charge on any atom is 0.160 e. The summed E-state index contributed by atoms with van der Waals surface area (Å²) >= 11 is 0. The van der Waals surface area contributed by atoms with Crippen molar-refractivity contribution in [3.8, 4) is 28.6 Å². The first-order valence-corrected chi connectivity index (χ1v) is 10.8. The van der Waals surface area contributed by atoms with E-state index in [1.54, 1.807) is 21.3 Å². The summed E-state index contributed by atoms with van der Waals surface area (Å²) in [7, 11) is 4.97. The van der Waals surface area contributed by atoms with Crippen LogP contribution in [-0.2, 0) is 0 Å². The van der Waals surface area contributed by atoms with Gasteiger partial charge in [0.25, 0.3) is 0 Å². The molecule has 4 aromatic rings. The lowest BCUT2D eigenvalue weighted by atomic mass is 10.1. The van der Waals surface area contributed by atoms with Gasteiger partial charge >= 0.3 is 0 Å². The fraction of sp³-hybridized carbons (Fsp3) is 0.103. The maximum atomic E-state index is 5.38. The van der Waals surface area contributed by atoms with Gasteiger partial charge in [-0.25, -0.2) is 9.97 Å². The Morgan fingerprint density at radius 1 is 0.529 bits per heavy atom. The highest BCUT2D eigenvalue weighted by atomic mass is 16.5. The molecule has 0 aliphatic carbocycles. The van der Waals surface area contributed by atoms with Crippen LogP contribution in [0.1, 0.15) is 22.5 Å². The van der Waals surface area contributed by atoms with Crippen molar-refractivity contribution in [2.75, 3.05) is 21.3 Å². The molecule has 4 rings (SSSR count). The minimum Gasteiger partial charge on any atom is -0.497 e. The van der Waals surface area contributed by atoms with Crippen molar-refractivity contribution < 1.29 is 14.2 Å². The van der Waals surface area contributed by atoms with Crippen molar-refractivity contribution in [3.05, 3.63) is 101 Å². The molecule has 1 heterocycles. The molecule has 0 unspecified atom stereocenters. The Labute approximate surface area is 200 Å². The van der Waals surface area contributed by atoms with E-state index >= 15 is 0 Å². The molecule has 0 bridgehead atoms. The predicted octanol–water partition coefficient (Wildman–Crippen LogP) is 6.51. The maximum absolute atomic E-state index is 5.38. The van der Waals surface area contributed by atoms with Gasteiger partial charge in [-0.1, -0.05) is 48.6 Å². The number of methoxy groups -OCH3 is 3. The zero-order valence-corrected chi connectivity index (χ0v) is 19.4. The Balaban J connectivity index is 1.72. The summed E-state index contributed by atoms with van der Waals surface area (Å²) in [6.45, 7) is 0. The zero-order valence-electron chi connectivity index (χ0n) is 19.4. The summed E-state index contributed by atoms with van der Waals surface area (Å²) in [5.74, 6) is 3.00. The molecule has 5 nitrogen and oxygen atoms in total. The molecule has 0 amide bonds. The highest BCUT2D eigenvalue weighted by molar-refractivity contribution is 5.74. The first-order valence-electron chi connectivity index (χ1n) is 10.8. The van der Waals surface area contributed by atoms with Crippen LogP contribution in [0, 0.1) is 0 Å². The average molecular weight is 451 g/mol. The molecule has 34 heavy (non-hydrogen) atoms. The van der Waals surface area contributed by atoms with Crippen molar-refractivity contribution in [1.29, 1.82) is 0 Å². The van der Waals surface area contributed by atoms with E-state index in [2.05, 4.69) is 0 Å². The van der Waals surface area contributed by atoms with Gasteiger partial charge in [-0.3, -0.25) is 0 Å². The minimum absolute atomic E-state index is 0.622. The zero-order chi connectivity index (χ0) is 23.8. The topological polar surface area (TPSA) is 53.5 Å². The Kier molecular flexibility index (Phi) is 7.35. The molecule has 1 aromatic heterocycles. The normalized spacial score (nSPS) is 11.1. The lowest BCUT2D eigenvalue weighted by Gasteiger charge is -2.06. The van der Waals surface area contributed by atoms with Gasteiger partial charge in [-0.2, -0.15) is 0 Å². The smallest absolute Gasteiger partial charge is 0.160 e. The number of rotatable bonds is 8. The molecule has 5 heteroatoms. The van der Waals surface area contributed by atoms with Gasteiger partial charge in [0, 0.05) is 5.56 Å². The minimum atomic E-state index is 0.622. The van der Waals surface area contributed by atoms with E-state index < -0.39 is 0 Å². The van der Waals surface area contributed by atoms with Gasteiger partial charge in [0.15, 0.2) is 5.82 Å². The van der Waals surface area contributed by atoms with Crippen LogP contribution in [0.25, 0.3) is 35.7 Å².